The van der Waals surface area contributed by atoms with Crippen molar-refractivity contribution < 1.29 is 10.4 Å². The van der Waals surface area contributed by atoms with E-state index < -0.39 is 0 Å². The van der Waals surface area contributed by atoms with Crippen molar-refractivity contribution in [1.29, 1.82) is 0 Å². The molecular weight excluding hydrogens is 323 g/mol. The molecule has 0 heterocycles. The summed E-state index contributed by atoms with van der Waals surface area (Å²) in [5, 5.41) is 23.1. The molecule has 0 aromatic heterocycles. The summed E-state index contributed by atoms with van der Waals surface area (Å²) in [4.78, 5) is 0. The fourth-order valence-electron chi connectivity index (χ4n) is 1.58. The van der Waals surface area contributed by atoms with Crippen molar-refractivity contribution in [3.63, 3.8) is 0 Å². The van der Waals surface area contributed by atoms with Crippen LogP contribution in [0.1, 0.15) is 11.1 Å². The summed E-state index contributed by atoms with van der Waals surface area (Å²) in [6.07, 6.45) is 0. The Bertz CT molecular complexity index is 547. The van der Waals surface area contributed by atoms with Crippen LogP contribution in [-0.4, -0.2) is 33.6 Å². The second kappa shape index (κ2) is 10.7. The zero-order chi connectivity index (χ0) is 16.2. The quantitative estimate of drug-likeness (QED) is 0.379. The van der Waals surface area contributed by atoms with Crippen LogP contribution in [0.2, 0.25) is 0 Å². The highest BCUT2D eigenvalue weighted by molar-refractivity contribution is 6.32. The van der Waals surface area contributed by atoms with Gasteiger partial charge in [-0.1, -0.05) is 71.0 Å². The molecule has 2 N–H and O–H groups in total. The summed E-state index contributed by atoms with van der Waals surface area (Å²) in [6, 6.07) is 18.6. The number of rotatable bonds is 4. The minimum Gasteiger partial charge on any atom is -0.411 e. The maximum absolute atomic E-state index is 8.48. The lowest BCUT2D eigenvalue weighted by molar-refractivity contribution is 0.319. The second-order valence-electron chi connectivity index (χ2n) is 4.09. The van der Waals surface area contributed by atoms with Crippen LogP contribution in [0.4, 0.5) is 0 Å². The highest BCUT2D eigenvalue weighted by Gasteiger charge is 2.00. The molecule has 6 heteroatoms. The predicted molar refractivity (Wildman–Crippen MR) is 91.0 cm³/mol. The van der Waals surface area contributed by atoms with Gasteiger partial charge in [-0.05, 0) is 0 Å². The molecule has 0 radical (unpaired) electrons. The van der Waals surface area contributed by atoms with Gasteiger partial charge in [0.05, 0.1) is 11.8 Å². The average Bonchev–Trinajstić information content (AvgIpc) is 2.60. The number of oxime groups is 2. The van der Waals surface area contributed by atoms with Crippen LogP contribution in [0.3, 0.4) is 0 Å². The number of hydrogen-bond acceptors (Lipinski definition) is 4. The predicted octanol–water partition coefficient (Wildman–Crippen LogP) is 4.21. The normalized spacial score (nSPS) is 11.5. The topological polar surface area (TPSA) is 65.2 Å². The summed E-state index contributed by atoms with van der Waals surface area (Å²) in [7, 11) is 0. The standard InChI is InChI=1S/2C8H8ClNO/c2*9-6-8(10-11)7-4-2-1-3-5-7/h2*1-5,11H,6H2/b2*10-8+. The van der Waals surface area contributed by atoms with Gasteiger partial charge in [0.1, 0.15) is 11.4 Å². The third-order valence-electron chi connectivity index (χ3n) is 2.71. The molecule has 2 rings (SSSR count). The van der Waals surface area contributed by atoms with Gasteiger partial charge in [0.25, 0.3) is 0 Å². The van der Waals surface area contributed by atoms with E-state index >= 15 is 0 Å². The number of alkyl halides is 2. The first-order chi connectivity index (χ1) is 10.8. The lowest BCUT2D eigenvalue weighted by atomic mass is 10.1. The molecule has 0 atom stereocenters. The van der Waals surface area contributed by atoms with E-state index in [1.54, 1.807) is 0 Å². The molecule has 0 saturated heterocycles. The van der Waals surface area contributed by atoms with E-state index in [-0.39, 0.29) is 11.8 Å². The zero-order valence-corrected chi connectivity index (χ0v) is 13.2. The number of hydrogen-bond donors (Lipinski definition) is 2. The summed E-state index contributed by atoms with van der Waals surface area (Å²) < 4.78 is 0. The molecule has 2 aromatic carbocycles. The molecule has 0 spiro atoms. The van der Waals surface area contributed by atoms with Crippen molar-refractivity contribution in [1.82, 2.24) is 0 Å². The Hall–Kier alpha value is -2.04. The van der Waals surface area contributed by atoms with Crippen LogP contribution in [0.15, 0.2) is 71.0 Å². The molecule has 0 amide bonds. The number of halogens is 2. The van der Waals surface area contributed by atoms with E-state index in [0.717, 1.165) is 11.1 Å². The Labute approximate surface area is 139 Å². The van der Waals surface area contributed by atoms with Crippen molar-refractivity contribution in [3.8, 4) is 0 Å². The van der Waals surface area contributed by atoms with Gasteiger partial charge in [-0.25, -0.2) is 0 Å². The van der Waals surface area contributed by atoms with Gasteiger partial charge in [0, 0.05) is 11.1 Å². The van der Waals surface area contributed by atoms with Crippen molar-refractivity contribution in [2.45, 2.75) is 0 Å². The maximum Gasteiger partial charge on any atom is 0.101 e. The monoisotopic (exact) mass is 338 g/mol. The SMILES string of the molecule is O/N=C(\CCl)c1ccccc1.O/N=C(\CCl)c1ccccc1. The van der Waals surface area contributed by atoms with Crippen molar-refractivity contribution in [2.24, 2.45) is 10.3 Å². The van der Waals surface area contributed by atoms with E-state index in [1.807, 2.05) is 60.7 Å². The van der Waals surface area contributed by atoms with Gasteiger partial charge in [-0.15, -0.1) is 23.2 Å². The van der Waals surface area contributed by atoms with Crippen LogP contribution in [0, 0.1) is 0 Å². The summed E-state index contributed by atoms with van der Waals surface area (Å²) >= 11 is 11.0. The van der Waals surface area contributed by atoms with Crippen molar-refractivity contribution in [3.05, 3.63) is 71.8 Å². The second-order valence-corrected chi connectivity index (χ2v) is 4.63. The van der Waals surface area contributed by atoms with Gasteiger partial charge < -0.3 is 10.4 Å². The average molecular weight is 339 g/mol. The Morgan fingerprint density at radius 1 is 0.682 bits per heavy atom. The van der Waals surface area contributed by atoms with Gasteiger partial charge in [0.2, 0.25) is 0 Å². The smallest absolute Gasteiger partial charge is 0.101 e. The highest BCUT2D eigenvalue weighted by atomic mass is 35.5. The lowest BCUT2D eigenvalue weighted by Crippen LogP contribution is -2.01. The van der Waals surface area contributed by atoms with Gasteiger partial charge in [0.15, 0.2) is 0 Å². The molecule has 0 aliphatic rings. The fraction of sp³-hybridized carbons (Fsp3) is 0.125. The van der Waals surface area contributed by atoms with Gasteiger partial charge >= 0.3 is 0 Å². The van der Waals surface area contributed by atoms with Gasteiger partial charge in [-0.3, -0.25) is 0 Å². The van der Waals surface area contributed by atoms with Crippen LogP contribution >= 0.6 is 23.2 Å². The molecule has 0 bridgehead atoms. The Kier molecular flexibility index (Phi) is 8.72. The number of nitrogens with zero attached hydrogens (tertiary/aromatic N) is 2. The van der Waals surface area contributed by atoms with E-state index in [1.165, 1.54) is 0 Å². The minimum absolute atomic E-state index is 0.223. The first-order valence-electron chi connectivity index (χ1n) is 6.41. The van der Waals surface area contributed by atoms with Crippen LogP contribution in [-0.2, 0) is 0 Å². The zero-order valence-electron chi connectivity index (χ0n) is 11.7. The highest BCUT2D eigenvalue weighted by Crippen LogP contribution is 2.02. The molecule has 2 aromatic rings. The molecule has 0 fully saturated rings. The van der Waals surface area contributed by atoms with Gasteiger partial charge in [-0.2, -0.15) is 0 Å². The molecule has 22 heavy (non-hydrogen) atoms. The summed E-state index contributed by atoms with van der Waals surface area (Å²) in [6.45, 7) is 0. The lowest BCUT2D eigenvalue weighted by Gasteiger charge is -1.97. The molecule has 4 nitrogen and oxygen atoms in total. The van der Waals surface area contributed by atoms with Crippen molar-refractivity contribution in [2.75, 3.05) is 11.8 Å². The first-order valence-corrected chi connectivity index (χ1v) is 7.48. The molecular formula is C16H16Cl2N2O2. The van der Waals surface area contributed by atoms with E-state index in [4.69, 9.17) is 33.6 Å². The van der Waals surface area contributed by atoms with Crippen molar-refractivity contribution >= 4 is 34.6 Å². The molecule has 0 saturated carbocycles. The van der Waals surface area contributed by atoms with E-state index in [2.05, 4.69) is 10.3 Å². The molecule has 0 unspecified atom stereocenters. The minimum atomic E-state index is 0.223. The van der Waals surface area contributed by atoms with E-state index in [0.29, 0.717) is 11.4 Å². The van der Waals surface area contributed by atoms with E-state index in [9.17, 15) is 0 Å². The third-order valence-corrected chi connectivity index (χ3v) is 3.21. The third kappa shape index (κ3) is 5.76. The Morgan fingerprint density at radius 3 is 1.23 bits per heavy atom. The maximum atomic E-state index is 8.48. The van der Waals surface area contributed by atoms with Crippen LogP contribution in [0.25, 0.3) is 0 Å². The fourth-order valence-corrected chi connectivity index (χ4v) is 2.00. The van der Waals surface area contributed by atoms with Crippen LogP contribution < -0.4 is 0 Å². The first kappa shape index (κ1) is 18.0. The number of benzene rings is 2. The molecule has 116 valence electrons. The summed E-state index contributed by atoms with van der Waals surface area (Å²) in [5.41, 5.74) is 2.69. The molecule has 0 aliphatic heterocycles. The summed E-state index contributed by atoms with van der Waals surface area (Å²) in [5.74, 6) is 0.445. The largest absolute Gasteiger partial charge is 0.411 e. The Morgan fingerprint density at radius 2 is 1.00 bits per heavy atom. The Balaban J connectivity index is 0.000000220. The van der Waals surface area contributed by atoms with Crippen LogP contribution in [0.5, 0.6) is 0 Å². The molecule has 0 aliphatic carbocycles.